The smallest absolute Gasteiger partial charge is 0.256 e. The topological polar surface area (TPSA) is 42.0 Å². The van der Waals surface area contributed by atoms with Gasteiger partial charge in [-0.25, -0.2) is 4.98 Å². The molecule has 6 heteroatoms. The minimum atomic E-state index is -0.859. The molecule has 0 atom stereocenters. The molecule has 0 aromatic carbocycles. The molecule has 0 saturated carbocycles. The van der Waals surface area contributed by atoms with Crippen LogP contribution in [0.3, 0.4) is 0 Å². The van der Waals surface area contributed by atoms with Gasteiger partial charge in [-0.15, -0.1) is 0 Å². The number of anilines is 1. The van der Waals surface area contributed by atoms with Crippen molar-refractivity contribution in [3.63, 3.8) is 0 Å². The van der Waals surface area contributed by atoms with Crippen LogP contribution in [0.5, 0.6) is 0 Å². The average Bonchev–Trinajstić information content (AvgIpc) is 2.24. The van der Waals surface area contributed by atoms with Crippen LogP contribution >= 0.6 is 47.8 Å². The van der Waals surface area contributed by atoms with E-state index < -0.39 is 3.23 Å². The molecule has 0 aliphatic carbocycles. The predicted molar refractivity (Wildman–Crippen MR) is 60.1 cm³/mol. The molecule has 0 unspecified atom stereocenters. The summed E-state index contributed by atoms with van der Waals surface area (Å²) in [6, 6.07) is 1.75. The minimum Gasteiger partial charge on any atom is -0.323 e. The van der Waals surface area contributed by atoms with Crippen LogP contribution in [0, 0.1) is 0 Å². The van der Waals surface area contributed by atoms with Crippen molar-refractivity contribution in [2.75, 3.05) is 5.32 Å². The van der Waals surface area contributed by atoms with Crippen molar-refractivity contribution in [1.29, 1.82) is 0 Å². The number of halogens is 3. The highest BCUT2D eigenvalue weighted by molar-refractivity contribution is 9.25. The Morgan fingerprint density at radius 1 is 1.46 bits per heavy atom. The fourth-order valence-electron chi connectivity index (χ4n) is 1.15. The number of pyridine rings is 1. The first-order chi connectivity index (χ1) is 6.03. The zero-order chi connectivity index (χ0) is 9.64. The summed E-state index contributed by atoms with van der Waals surface area (Å²) in [5, 5.41) is 2.73. The van der Waals surface area contributed by atoms with Gasteiger partial charge in [0.25, 0.3) is 5.91 Å². The van der Waals surface area contributed by atoms with Gasteiger partial charge in [0, 0.05) is 11.8 Å². The summed E-state index contributed by atoms with van der Waals surface area (Å²) in [6.07, 6.45) is 1.63. The molecule has 1 aliphatic rings. The van der Waals surface area contributed by atoms with Crippen LogP contribution in [0.15, 0.2) is 16.9 Å². The molecule has 0 fully saturated rings. The molecule has 1 N–H and O–H groups in total. The number of aromatic nitrogens is 1. The molecular weight excluding hydrogens is 368 g/mol. The molecule has 13 heavy (non-hydrogen) atoms. The summed E-state index contributed by atoms with van der Waals surface area (Å²) in [5.74, 6) is -0.142. The first-order valence-electron chi connectivity index (χ1n) is 3.37. The van der Waals surface area contributed by atoms with Gasteiger partial charge in [-0.3, -0.25) is 4.79 Å². The molecule has 0 bridgehead atoms. The van der Waals surface area contributed by atoms with E-state index in [1.165, 1.54) is 0 Å². The lowest BCUT2D eigenvalue weighted by molar-refractivity contribution is -0.115. The van der Waals surface area contributed by atoms with Gasteiger partial charge in [-0.2, -0.15) is 0 Å². The van der Waals surface area contributed by atoms with E-state index in [1.807, 2.05) is 0 Å². The summed E-state index contributed by atoms with van der Waals surface area (Å²) in [6.45, 7) is 0. The van der Waals surface area contributed by atoms with E-state index in [0.29, 0.717) is 4.60 Å². The van der Waals surface area contributed by atoms with Crippen molar-refractivity contribution in [2.24, 2.45) is 0 Å². The zero-order valence-corrected chi connectivity index (χ0v) is 10.9. The third kappa shape index (κ3) is 1.35. The zero-order valence-electron chi connectivity index (χ0n) is 6.14. The predicted octanol–water partition coefficient (Wildman–Crippen LogP) is 2.74. The lowest BCUT2D eigenvalue weighted by atomic mass is 10.2. The third-order valence-electron chi connectivity index (χ3n) is 1.75. The molecule has 0 spiro atoms. The van der Waals surface area contributed by atoms with E-state index in [4.69, 9.17) is 0 Å². The van der Waals surface area contributed by atoms with E-state index in [0.717, 1.165) is 11.3 Å². The number of rotatable bonds is 0. The number of amides is 1. The Morgan fingerprint density at radius 3 is 2.77 bits per heavy atom. The Hall–Kier alpha value is 0.0600. The summed E-state index contributed by atoms with van der Waals surface area (Å²) in [4.78, 5) is 15.5. The van der Waals surface area contributed by atoms with Crippen LogP contribution in [-0.4, -0.2) is 10.9 Å². The van der Waals surface area contributed by atoms with Crippen molar-refractivity contribution in [1.82, 2.24) is 4.98 Å². The van der Waals surface area contributed by atoms with Crippen LogP contribution in [-0.2, 0) is 8.03 Å². The van der Waals surface area contributed by atoms with Crippen molar-refractivity contribution in [2.45, 2.75) is 3.23 Å². The second-order valence-electron chi connectivity index (χ2n) is 2.55. The number of nitrogens with zero attached hydrogens (tertiary/aromatic N) is 1. The van der Waals surface area contributed by atoms with E-state index in [1.54, 1.807) is 12.3 Å². The number of carbonyl (C=O) groups is 1. The number of alkyl halides is 2. The van der Waals surface area contributed by atoms with E-state index >= 15 is 0 Å². The Bertz CT molecular complexity index is 391. The molecule has 2 heterocycles. The minimum absolute atomic E-state index is 0.142. The van der Waals surface area contributed by atoms with Crippen molar-refractivity contribution >= 4 is 59.4 Å². The summed E-state index contributed by atoms with van der Waals surface area (Å²) < 4.78 is -0.209. The SMILES string of the molecule is O=C1Nc2ccnc(Br)c2C1(Br)Br. The highest BCUT2D eigenvalue weighted by Gasteiger charge is 2.44. The molecular formula is C7H3Br3N2O. The normalized spacial score (nSPS) is 18.2. The number of fused-ring (bicyclic) bond motifs is 1. The molecule has 2 rings (SSSR count). The van der Waals surface area contributed by atoms with E-state index in [2.05, 4.69) is 58.1 Å². The summed E-state index contributed by atoms with van der Waals surface area (Å²) in [5.41, 5.74) is 1.54. The first kappa shape index (κ1) is 9.61. The van der Waals surface area contributed by atoms with Crippen LogP contribution < -0.4 is 5.32 Å². The molecule has 1 aromatic rings. The summed E-state index contributed by atoms with van der Waals surface area (Å²) in [7, 11) is 0. The molecule has 3 nitrogen and oxygen atoms in total. The maximum absolute atomic E-state index is 11.5. The molecule has 1 aromatic heterocycles. The van der Waals surface area contributed by atoms with Crippen LogP contribution in [0.4, 0.5) is 5.69 Å². The molecule has 0 saturated heterocycles. The van der Waals surface area contributed by atoms with Gasteiger partial charge in [0.15, 0.2) is 3.23 Å². The Balaban J connectivity index is 2.70. The van der Waals surface area contributed by atoms with Gasteiger partial charge in [0.05, 0.1) is 5.69 Å². The molecule has 1 aliphatic heterocycles. The fraction of sp³-hybridized carbons (Fsp3) is 0.143. The number of hydrogen-bond acceptors (Lipinski definition) is 2. The number of hydrogen-bond donors (Lipinski definition) is 1. The Kier molecular flexibility index (Phi) is 2.24. The number of nitrogens with one attached hydrogen (secondary N) is 1. The standard InChI is InChI=1S/C7H3Br3N2O/c8-5-4-3(1-2-11-5)12-6(13)7(4,9)10/h1-2H,(H,12,13). The highest BCUT2D eigenvalue weighted by atomic mass is 79.9. The lowest BCUT2D eigenvalue weighted by Crippen LogP contribution is -2.20. The van der Waals surface area contributed by atoms with Gasteiger partial charge in [-0.1, -0.05) is 31.9 Å². The first-order valence-corrected chi connectivity index (χ1v) is 5.75. The quantitative estimate of drug-likeness (QED) is 0.563. The third-order valence-corrected chi connectivity index (χ3v) is 3.87. The number of carbonyl (C=O) groups excluding carboxylic acids is 1. The summed E-state index contributed by atoms with van der Waals surface area (Å²) >= 11 is 9.87. The van der Waals surface area contributed by atoms with Gasteiger partial charge in [0.2, 0.25) is 0 Å². The van der Waals surface area contributed by atoms with E-state index in [9.17, 15) is 4.79 Å². The second kappa shape index (κ2) is 3.03. The van der Waals surface area contributed by atoms with Crippen molar-refractivity contribution in [3.8, 4) is 0 Å². The van der Waals surface area contributed by atoms with E-state index in [-0.39, 0.29) is 5.91 Å². The average molecular weight is 371 g/mol. The van der Waals surface area contributed by atoms with Crippen LogP contribution in [0.1, 0.15) is 5.56 Å². The Labute approximate surface area is 99.7 Å². The monoisotopic (exact) mass is 368 g/mol. The van der Waals surface area contributed by atoms with Gasteiger partial charge >= 0.3 is 0 Å². The van der Waals surface area contributed by atoms with Gasteiger partial charge < -0.3 is 5.32 Å². The van der Waals surface area contributed by atoms with Gasteiger partial charge in [-0.05, 0) is 22.0 Å². The van der Waals surface area contributed by atoms with Crippen molar-refractivity contribution in [3.05, 3.63) is 22.4 Å². The molecule has 68 valence electrons. The fourth-order valence-corrected chi connectivity index (χ4v) is 3.32. The van der Waals surface area contributed by atoms with Crippen molar-refractivity contribution < 1.29 is 4.79 Å². The second-order valence-corrected chi connectivity index (χ2v) is 6.75. The Morgan fingerprint density at radius 2 is 2.15 bits per heavy atom. The maximum Gasteiger partial charge on any atom is 0.256 e. The van der Waals surface area contributed by atoms with Gasteiger partial charge in [0.1, 0.15) is 4.60 Å². The largest absolute Gasteiger partial charge is 0.323 e. The highest BCUT2D eigenvalue weighted by Crippen LogP contribution is 2.49. The molecule has 1 amide bonds. The van der Waals surface area contributed by atoms with Crippen LogP contribution in [0.25, 0.3) is 0 Å². The van der Waals surface area contributed by atoms with Crippen LogP contribution in [0.2, 0.25) is 0 Å². The maximum atomic E-state index is 11.5. The lowest BCUT2D eigenvalue weighted by Gasteiger charge is -2.10. The molecule has 0 radical (unpaired) electrons.